The van der Waals surface area contributed by atoms with Crippen LogP contribution in [0.2, 0.25) is 0 Å². The van der Waals surface area contributed by atoms with Crippen molar-refractivity contribution in [1.29, 1.82) is 0 Å². The van der Waals surface area contributed by atoms with Crippen LogP contribution in [0.3, 0.4) is 0 Å². The van der Waals surface area contributed by atoms with Crippen molar-refractivity contribution in [3.8, 4) is 10.8 Å². The molecule has 1 fully saturated rings. The van der Waals surface area contributed by atoms with Gasteiger partial charge in [-0.2, -0.15) is 0 Å². The van der Waals surface area contributed by atoms with Crippen LogP contribution in [-0.4, -0.2) is 64.1 Å². The number of furan rings is 1. The molecule has 1 N–H and O–H groups in total. The number of benzene rings is 1. The van der Waals surface area contributed by atoms with Gasteiger partial charge in [0.2, 0.25) is 0 Å². The summed E-state index contributed by atoms with van der Waals surface area (Å²) in [6, 6.07) is 11.7. The quantitative estimate of drug-likeness (QED) is 0.747. The molecule has 4 rings (SSSR count). The molecule has 0 aliphatic carbocycles. The number of carbonyl (C=O) groups excluding carboxylic acids is 1. The molecule has 2 aromatic heterocycles. The normalized spacial score (nSPS) is 19.5. The SMILES string of the molecule is C[C@@H]1CN(C(=O)c2ccc(-c3nc4ccccc4s3)o2)CCN1C[C@@H](C)O. The number of hydrogen-bond acceptors (Lipinski definition) is 6. The topological polar surface area (TPSA) is 69.8 Å². The lowest BCUT2D eigenvalue weighted by atomic mass is 10.1. The molecule has 0 saturated carbocycles. The standard InChI is InChI=1S/C20H23N3O3S/c1-13-11-23(10-9-22(13)12-14(2)24)20(25)17-8-7-16(26-17)19-21-15-5-3-4-6-18(15)27-19/h3-8,13-14,24H,9-12H2,1-2H3/t13-,14-/m1/s1. The third-order valence-corrected chi connectivity index (χ3v) is 5.92. The highest BCUT2D eigenvalue weighted by Gasteiger charge is 2.29. The van der Waals surface area contributed by atoms with Crippen molar-refractivity contribution in [1.82, 2.24) is 14.8 Å². The van der Waals surface area contributed by atoms with Gasteiger partial charge >= 0.3 is 0 Å². The molecule has 2 atom stereocenters. The Morgan fingerprint density at radius 2 is 2.15 bits per heavy atom. The molecule has 1 aliphatic heterocycles. The van der Waals surface area contributed by atoms with Crippen molar-refractivity contribution in [2.45, 2.75) is 26.0 Å². The number of piperazine rings is 1. The van der Waals surface area contributed by atoms with E-state index >= 15 is 0 Å². The molecule has 142 valence electrons. The van der Waals surface area contributed by atoms with Crippen molar-refractivity contribution in [2.75, 3.05) is 26.2 Å². The van der Waals surface area contributed by atoms with Gasteiger partial charge in [0.15, 0.2) is 16.5 Å². The van der Waals surface area contributed by atoms with Crippen LogP contribution in [0.1, 0.15) is 24.4 Å². The molecule has 7 heteroatoms. The number of para-hydroxylation sites is 1. The fourth-order valence-corrected chi connectivity index (χ4v) is 4.42. The fourth-order valence-electron chi connectivity index (χ4n) is 3.49. The summed E-state index contributed by atoms with van der Waals surface area (Å²) >= 11 is 1.56. The largest absolute Gasteiger partial charge is 0.448 e. The van der Waals surface area contributed by atoms with Crippen LogP contribution in [0.4, 0.5) is 0 Å². The van der Waals surface area contributed by atoms with Crippen molar-refractivity contribution in [3.05, 3.63) is 42.2 Å². The first-order valence-electron chi connectivity index (χ1n) is 9.18. The molecule has 1 aromatic carbocycles. The van der Waals surface area contributed by atoms with E-state index in [9.17, 15) is 9.90 Å². The van der Waals surface area contributed by atoms with Gasteiger partial charge < -0.3 is 14.4 Å². The number of aromatic nitrogens is 1. The van der Waals surface area contributed by atoms with Crippen molar-refractivity contribution in [2.24, 2.45) is 0 Å². The summed E-state index contributed by atoms with van der Waals surface area (Å²) in [5.41, 5.74) is 0.935. The zero-order valence-electron chi connectivity index (χ0n) is 15.5. The Bertz CT molecular complexity index is 916. The highest BCUT2D eigenvalue weighted by Crippen LogP contribution is 2.31. The molecule has 0 radical (unpaired) electrons. The summed E-state index contributed by atoms with van der Waals surface area (Å²) in [4.78, 5) is 21.5. The number of amides is 1. The van der Waals surface area contributed by atoms with Gasteiger partial charge in [-0.15, -0.1) is 11.3 Å². The summed E-state index contributed by atoms with van der Waals surface area (Å²) in [7, 11) is 0. The molecule has 0 spiro atoms. The Kier molecular flexibility index (Phi) is 4.99. The van der Waals surface area contributed by atoms with Gasteiger partial charge in [0.05, 0.1) is 16.3 Å². The van der Waals surface area contributed by atoms with E-state index in [2.05, 4.69) is 16.8 Å². The van der Waals surface area contributed by atoms with E-state index in [1.54, 1.807) is 24.3 Å². The number of nitrogens with zero attached hydrogens (tertiary/aromatic N) is 3. The second kappa shape index (κ2) is 7.42. The van der Waals surface area contributed by atoms with Gasteiger partial charge in [0.1, 0.15) is 0 Å². The smallest absolute Gasteiger partial charge is 0.289 e. The van der Waals surface area contributed by atoms with Gasteiger partial charge in [0.25, 0.3) is 5.91 Å². The van der Waals surface area contributed by atoms with Crippen LogP contribution in [0.5, 0.6) is 0 Å². The van der Waals surface area contributed by atoms with E-state index in [4.69, 9.17) is 4.42 Å². The van der Waals surface area contributed by atoms with Crippen LogP contribution >= 0.6 is 11.3 Å². The maximum absolute atomic E-state index is 12.8. The minimum atomic E-state index is -0.365. The lowest BCUT2D eigenvalue weighted by Gasteiger charge is -2.40. The zero-order chi connectivity index (χ0) is 19.0. The molecular formula is C20H23N3O3S. The molecule has 0 bridgehead atoms. The first-order valence-corrected chi connectivity index (χ1v) is 10.00. The summed E-state index contributed by atoms with van der Waals surface area (Å²) in [5, 5.41) is 10.4. The zero-order valence-corrected chi connectivity index (χ0v) is 16.3. The van der Waals surface area contributed by atoms with Gasteiger partial charge in [-0.3, -0.25) is 9.69 Å². The number of carbonyl (C=O) groups is 1. The Hall–Kier alpha value is -2.22. The highest BCUT2D eigenvalue weighted by molar-refractivity contribution is 7.21. The van der Waals surface area contributed by atoms with Crippen LogP contribution < -0.4 is 0 Å². The maximum Gasteiger partial charge on any atom is 0.289 e. The van der Waals surface area contributed by atoms with E-state index in [1.807, 2.05) is 35.2 Å². The highest BCUT2D eigenvalue weighted by atomic mass is 32.1. The number of aliphatic hydroxyl groups is 1. The molecule has 3 heterocycles. The van der Waals surface area contributed by atoms with Gasteiger partial charge in [0, 0.05) is 32.2 Å². The van der Waals surface area contributed by atoms with Crippen LogP contribution in [0.15, 0.2) is 40.8 Å². The Labute approximate surface area is 162 Å². The number of aliphatic hydroxyl groups excluding tert-OH is 1. The predicted octanol–water partition coefficient (Wildman–Crippen LogP) is 3.08. The van der Waals surface area contributed by atoms with Crippen LogP contribution in [0, 0.1) is 0 Å². The van der Waals surface area contributed by atoms with Crippen LogP contribution in [-0.2, 0) is 0 Å². The molecule has 0 unspecified atom stereocenters. The van der Waals surface area contributed by atoms with Crippen molar-refractivity contribution >= 4 is 27.5 Å². The third-order valence-electron chi connectivity index (χ3n) is 4.87. The van der Waals surface area contributed by atoms with E-state index in [0.29, 0.717) is 31.2 Å². The van der Waals surface area contributed by atoms with Gasteiger partial charge in [-0.05, 0) is 38.1 Å². The second-order valence-electron chi connectivity index (χ2n) is 7.09. The summed E-state index contributed by atoms with van der Waals surface area (Å²) in [6.45, 7) is 6.51. The average Bonchev–Trinajstić information content (AvgIpc) is 3.29. The lowest BCUT2D eigenvalue weighted by molar-refractivity contribution is 0.0346. The predicted molar refractivity (Wildman–Crippen MR) is 106 cm³/mol. The molecule has 1 saturated heterocycles. The third kappa shape index (κ3) is 3.76. The Morgan fingerprint density at radius 1 is 1.33 bits per heavy atom. The number of fused-ring (bicyclic) bond motifs is 1. The minimum Gasteiger partial charge on any atom is -0.448 e. The summed E-state index contributed by atoms with van der Waals surface area (Å²) in [5.74, 6) is 0.881. The summed E-state index contributed by atoms with van der Waals surface area (Å²) in [6.07, 6.45) is -0.365. The first-order chi connectivity index (χ1) is 13.0. The van der Waals surface area contributed by atoms with Crippen molar-refractivity contribution in [3.63, 3.8) is 0 Å². The van der Waals surface area contributed by atoms with E-state index < -0.39 is 0 Å². The van der Waals surface area contributed by atoms with E-state index in [-0.39, 0.29) is 18.1 Å². The van der Waals surface area contributed by atoms with E-state index in [0.717, 1.165) is 21.8 Å². The molecular weight excluding hydrogens is 362 g/mol. The number of thiazole rings is 1. The Morgan fingerprint density at radius 3 is 2.89 bits per heavy atom. The average molecular weight is 385 g/mol. The molecule has 1 aliphatic rings. The van der Waals surface area contributed by atoms with Crippen LogP contribution in [0.25, 0.3) is 21.0 Å². The minimum absolute atomic E-state index is 0.0918. The maximum atomic E-state index is 12.8. The monoisotopic (exact) mass is 385 g/mol. The molecule has 27 heavy (non-hydrogen) atoms. The lowest BCUT2D eigenvalue weighted by Crippen LogP contribution is -2.54. The molecule has 3 aromatic rings. The fraction of sp³-hybridized carbons (Fsp3) is 0.400. The number of rotatable bonds is 4. The number of β-amino-alcohol motifs (C(OH)–C–C–N with tert-alkyl or cyclic N) is 1. The summed E-state index contributed by atoms with van der Waals surface area (Å²) < 4.78 is 6.94. The molecule has 1 amide bonds. The Balaban J connectivity index is 1.47. The van der Waals surface area contributed by atoms with Gasteiger partial charge in [-0.25, -0.2) is 4.98 Å². The number of hydrogen-bond donors (Lipinski definition) is 1. The van der Waals surface area contributed by atoms with Gasteiger partial charge in [-0.1, -0.05) is 12.1 Å². The first kappa shape index (κ1) is 18.2. The second-order valence-corrected chi connectivity index (χ2v) is 8.13. The van der Waals surface area contributed by atoms with Crippen molar-refractivity contribution < 1.29 is 14.3 Å². The molecule has 6 nitrogen and oxygen atoms in total. The van der Waals surface area contributed by atoms with E-state index in [1.165, 1.54) is 0 Å².